The van der Waals surface area contributed by atoms with Gasteiger partial charge in [0.1, 0.15) is 153 Å². The first kappa shape index (κ1) is 105. The van der Waals surface area contributed by atoms with Gasteiger partial charge in [0.25, 0.3) is 0 Å². The maximum Gasteiger partial charge on any atom is 0.217 e. The number of carbonyl (C=O) groups excluding carboxylic acids is 2. The minimum absolute atomic E-state index is 0. The number of hydrogen-bond donors (Lipinski definition) is 28. The molecule has 8 fully saturated rings. The Labute approximate surface area is 747 Å². The number of ether oxygens (including phenoxy) is 14. The van der Waals surface area contributed by atoms with E-state index in [0.29, 0.717) is 11.4 Å². The first-order chi connectivity index (χ1) is 61.7. The third kappa shape index (κ3) is 25.8. The molecule has 0 saturated carbocycles. The lowest BCUT2D eigenvalue weighted by Crippen LogP contribution is -2.70. The van der Waals surface area contributed by atoms with E-state index in [2.05, 4.69) is 26.3 Å². The lowest BCUT2D eigenvalue weighted by atomic mass is 9.93. The maximum atomic E-state index is 12.2. The number of aliphatic imine (C=N–C) groups is 2. The molecule has 130 heavy (non-hydrogen) atoms. The summed E-state index contributed by atoms with van der Waals surface area (Å²) in [5.74, 6) is -0.909. The van der Waals surface area contributed by atoms with Gasteiger partial charge in [-0.1, -0.05) is 43.3 Å². The Morgan fingerprint density at radius 1 is 0.362 bits per heavy atom. The normalized spacial score (nSPS) is 39.1. The highest BCUT2D eigenvalue weighted by Gasteiger charge is 2.58. The van der Waals surface area contributed by atoms with Crippen LogP contribution in [0.5, 0.6) is 0 Å². The van der Waals surface area contributed by atoms with E-state index in [4.69, 9.17) is 106 Å². The third-order valence-corrected chi connectivity index (χ3v) is 23.1. The van der Waals surface area contributed by atoms with E-state index in [0.717, 1.165) is 39.7 Å². The van der Waals surface area contributed by atoms with Crippen LogP contribution in [0, 0.1) is 6.92 Å². The average molecular weight is 1850 g/mol. The molecule has 2 amide bonds. The molecule has 4 aromatic carbocycles. The van der Waals surface area contributed by atoms with Gasteiger partial charge in [0.05, 0.1) is 131 Å². The average Bonchev–Trinajstić information content (AvgIpc) is 0.771. The van der Waals surface area contributed by atoms with Crippen LogP contribution in [0.3, 0.4) is 0 Å². The molecule has 0 bridgehead atoms. The second-order valence-corrected chi connectivity index (χ2v) is 32.4. The molecule has 4 aromatic rings. The molecule has 0 aromatic heterocycles. The number of para-hydroxylation sites is 1. The monoisotopic (exact) mass is 1850 g/mol. The zero-order valence-corrected chi connectivity index (χ0v) is 70.6. The second kappa shape index (κ2) is 48.7. The van der Waals surface area contributed by atoms with Crippen molar-refractivity contribution < 1.29 is 168 Å². The van der Waals surface area contributed by atoms with Crippen LogP contribution in [0.1, 0.15) is 26.8 Å². The van der Waals surface area contributed by atoms with Crippen molar-refractivity contribution in [1.82, 2.24) is 10.6 Å². The van der Waals surface area contributed by atoms with Crippen LogP contribution in [-0.4, -0.2) is 414 Å². The van der Waals surface area contributed by atoms with Crippen LogP contribution in [0.2, 0.25) is 0 Å². The summed E-state index contributed by atoms with van der Waals surface area (Å²) in [5, 5.41) is 202. The van der Waals surface area contributed by atoms with Crippen LogP contribution in [-0.2, 0) is 75.9 Å². The van der Waals surface area contributed by atoms with E-state index >= 15 is 0 Å². The Balaban J connectivity index is 0.000000272. The number of aliphatic hydroxyl groups excluding tert-OH is 18. The van der Waals surface area contributed by atoms with Crippen molar-refractivity contribution in [1.29, 1.82) is 0 Å². The SMILES string of the molecule is C.CC(=O)NC1COC(CO)[C@@H](O[C@@H]2OC(CO)[C@@H](O[C@@H]3OC(CO)[C@@H](O[C@@H]4OC(CO)[C@@H](O)[C@H](O)C4N)[C@H](O)C3N)[C@H](O)C2N)[C@@H]1O.CC(=O)NC1COC(CO)[C@@H](O[C@@H]2OC(CO)[C@@H](O[C@@H]3OC(CO)[C@@H](O[C@@H]4OC(CO)[C@@H](O)[C@H](O)C4N)[C@H](O)C3Nc3ccc(Nc4ccc(N=C5C=CC(=Nc6ccc(C)cc6)C=C5)cc4)cc3)[C@H](O)C2N)[C@@H]1O.Nc1ccccc1. The van der Waals surface area contributed by atoms with Gasteiger partial charge in [-0.05, 0) is 104 Å². The van der Waals surface area contributed by atoms with Crippen LogP contribution in [0.15, 0.2) is 137 Å². The van der Waals surface area contributed by atoms with E-state index in [-0.39, 0.29) is 20.6 Å². The number of aryl methyl sites for hydroxylation is 1. The summed E-state index contributed by atoms with van der Waals surface area (Å²) >= 11 is 0. The number of anilines is 4. The predicted molar refractivity (Wildman–Crippen MR) is 457 cm³/mol. The summed E-state index contributed by atoms with van der Waals surface area (Å²) in [6.07, 6.45) is -36.0. The van der Waals surface area contributed by atoms with Crippen molar-refractivity contribution in [3.05, 3.63) is 133 Å². The number of nitrogens with zero attached hydrogens (tertiary/aromatic N) is 2. The number of aliphatic hydroxyl groups is 18. The predicted octanol–water partition coefficient (Wildman–Crippen LogP) is -8.97. The molecule has 16 unspecified atom stereocenters. The zero-order chi connectivity index (χ0) is 93.4. The standard InChI is InChI=1S/C51H67N7O17.C26H48N4O17.C6H7N.CH4/c1-24-3-5-26(6-4-24)55-27-7-9-28(10-8-27)56-29-11-13-30(14-12-29)57-31-15-17-32(18-16-31)58-40-45(68)48(74-49-38(52)43(66)42(65)34(19-59)70-49)37(22-62)72-51(40)75-47-36(21-61)71-50(39(53)44(47)67)73-46-35(20-60)69-23-33(41(46)64)54-25(2)63;1-7(35)30-8-6-41-10(3-32)21(16(8)36)45-25-14(28)19(39)23(12(5-34)43-25)47-26-15(29)20(40)22(11(4-33)44-26)46-24-13(27)18(38)17(37)9(2-31)42-24;7-6-4-2-1-3-5-6;/h3-18,33-51,57-62,64-68H,19-23,52-53H2,1-2H3,(H,54,63);8-26,31-34,36-40H,2-6,27-29H2,1H3,(H,30,35);1-5H,7H2;1H4/t33?,34?,35?,36?,37?,38?,39?,40?,41-,42-,43-,44-,45-,46-,47-,48-,49+,50+,51+;8?,9?,10?,11?,12?,13?,14?,15?,16-,17-,18-,19-,20-,21-,22-,23-,24+,25+,26+;;/m11../s1. The van der Waals surface area contributed by atoms with Crippen molar-refractivity contribution in [2.45, 2.75) is 261 Å². The van der Waals surface area contributed by atoms with Gasteiger partial charge in [-0.3, -0.25) is 9.59 Å². The minimum Gasteiger partial charge on any atom is -0.399 e. The summed E-state index contributed by atoms with van der Waals surface area (Å²) < 4.78 is 81.9. The quantitative estimate of drug-likeness (QED) is 0.0185. The Bertz CT molecular complexity index is 4220. The molecule has 8 saturated heterocycles. The van der Waals surface area contributed by atoms with Gasteiger partial charge in [-0.2, -0.15) is 0 Å². The Morgan fingerprint density at radius 2 is 0.646 bits per heavy atom. The molecule has 0 spiro atoms. The van der Waals surface area contributed by atoms with Crippen LogP contribution in [0.4, 0.5) is 34.1 Å². The van der Waals surface area contributed by atoms with Crippen molar-refractivity contribution in [3.8, 4) is 0 Å². The molecule has 0 radical (unpaired) electrons. The number of carbonyl (C=O) groups is 2. The highest BCUT2D eigenvalue weighted by molar-refractivity contribution is 6.19. The molecule has 46 heteroatoms. The lowest BCUT2D eigenvalue weighted by Gasteiger charge is -2.50. The minimum atomic E-state index is -1.70. The zero-order valence-electron chi connectivity index (χ0n) is 70.6. The van der Waals surface area contributed by atoms with Crippen LogP contribution in [0.25, 0.3) is 0 Å². The first-order valence-corrected chi connectivity index (χ1v) is 42.0. The highest BCUT2D eigenvalue weighted by Crippen LogP contribution is 2.38. The molecule has 13 rings (SSSR count). The maximum absolute atomic E-state index is 12.2. The molecular formula is C84H126N12O34. The number of nitrogen functional groups attached to an aromatic ring is 1. The Kier molecular flexibility index (Phi) is 39.2. The fourth-order valence-corrected chi connectivity index (χ4v) is 15.8. The van der Waals surface area contributed by atoms with Crippen molar-refractivity contribution in [3.63, 3.8) is 0 Å². The van der Waals surface area contributed by atoms with E-state index in [1.54, 1.807) is 24.3 Å². The van der Waals surface area contributed by atoms with Crippen LogP contribution < -0.4 is 55.7 Å². The Morgan fingerprint density at radius 3 is 0.969 bits per heavy atom. The fraction of sp³-hybridized carbons (Fsp3) is 0.619. The molecule has 8 heterocycles. The van der Waals surface area contributed by atoms with Gasteiger partial charge in [0.2, 0.25) is 11.8 Å². The number of hydrogen-bond acceptors (Lipinski definition) is 44. The molecule has 9 aliphatic rings. The number of nitrogens with one attached hydrogen (secondary N) is 4. The topological polar surface area (TPSA) is 756 Å². The summed E-state index contributed by atoms with van der Waals surface area (Å²) in [6, 6.07) is 21.7. The largest absolute Gasteiger partial charge is 0.399 e. The molecule has 38 atom stereocenters. The van der Waals surface area contributed by atoms with Gasteiger partial charge in [0.15, 0.2) is 37.7 Å². The molecule has 34 N–H and O–H groups in total. The molecule has 46 nitrogen and oxygen atoms in total. The van der Waals surface area contributed by atoms with E-state index in [9.17, 15) is 102 Å². The first-order valence-electron chi connectivity index (χ1n) is 42.0. The summed E-state index contributed by atoms with van der Waals surface area (Å²) in [6.45, 7) is -1.42. The fourth-order valence-electron chi connectivity index (χ4n) is 15.8. The van der Waals surface area contributed by atoms with Gasteiger partial charge < -0.3 is 214 Å². The Hall–Kier alpha value is -7.44. The van der Waals surface area contributed by atoms with Crippen molar-refractivity contribution >= 4 is 57.4 Å². The summed E-state index contributed by atoms with van der Waals surface area (Å²) in [7, 11) is 0. The molecule has 8 aliphatic heterocycles. The van der Waals surface area contributed by atoms with E-state index in [1.807, 2.05) is 110 Å². The summed E-state index contributed by atoms with van der Waals surface area (Å²) in [5.41, 5.74) is 43.4. The van der Waals surface area contributed by atoms with Gasteiger partial charge >= 0.3 is 0 Å². The number of allylic oxidation sites excluding steroid dienone is 4. The lowest BCUT2D eigenvalue weighted by molar-refractivity contribution is -0.355. The van der Waals surface area contributed by atoms with E-state index in [1.165, 1.54) is 13.8 Å². The highest BCUT2D eigenvalue weighted by atomic mass is 16.8. The van der Waals surface area contributed by atoms with Gasteiger partial charge in [-0.25, -0.2) is 9.98 Å². The van der Waals surface area contributed by atoms with Crippen molar-refractivity contribution in [2.24, 2.45) is 38.7 Å². The van der Waals surface area contributed by atoms with Crippen molar-refractivity contribution in [2.75, 3.05) is 82.4 Å². The number of rotatable bonds is 28. The van der Waals surface area contributed by atoms with Gasteiger partial charge in [0, 0.05) is 36.6 Å². The number of benzene rings is 4. The number of amides is 2. The smallest absolute Gasteiger partial charge is 0.217 e. The summed E-state index contributed by atoms with van der Waals surface area (Å²) in [4.78, 5) is 32.8. The molecule has 1 aliphatic carbocycles. The number of nitrogens with two attached hydrogens (primary N) is 6. The molecular weight excluding hydrogens is 1720 g/mol. The van der Waals surface area contributed by atoms with E-state index < -0.39 is 297 Å². The third-order valence-electron chi connectivity index (χ3n) is 23.1. The van der Waals surface area contributed by atoms with Crippen LogP contribution >= 0.6 is 0 Å². The molecule has 726 valence electrons. The second-order valence-electron chi connectivity index (χ2n) is 32.4. The van der Waals surface area contributed by atoms with Gasteiger partial charge in [-0.15, -0.1) is 0 Å².